The molecule has 1 N–H and O–H groups in total. The molecular formula is C14H13N5O. The van der Waals surface area contributed by atoms with Gasteiger partial charge in [-0.3, -0.25) is 10.1 Å². The van der Waals surface area contributed by atoms with Gasteiger partial charge >= 0.3 is 0 Å². The Morgan fingerprint density at radius 3 is 2.70 bits per heavy atom. The van der Waals surface area contributed by atoms with Gasteiger partial charge in [-0.2, -0.15) is 5.10 Å². The number of benzene rings is 1. The van der Waals surface area contributed by atoms with Crippen molar-refractivity contribution in [3.8, 4) is 5.69 Å². The Labute approximate surface area is 115 Å². The van der Waals surface area contributed by atoms with E-state index in [-0.39, 0.29) is 5.91 Å². The number of carbonyl (C=O) groups excluding carboxylic acids is 1. The molecule has 0 fully saturated rings. The van der Waals surface area contributed by atoms with E-state index < -0.39 is 0 Å². The lowest BCUT2D eigenvalue weighted by Gasteiger charge is -2.09. The molecule has 100 valence electrons. The number of hydrogen-bond donors (Lipinski definition) is 1. The van der Waals surface area contributed by atoms with Gasteiger partial charge in [-0.15, -0.1) is 0 Å². The molecular weight excluding hydrogens is 254 g/mol. The number of aryl methyl sites for hydroxylation is 1. The minimum atomic E-state index is -0.217. The largest absolute Gasteiger partial charge is 0.320 e. The highest BCUT2D eigenvalue weighted by Crippen LogP contribution is 2.15. The molecule has 0 atom stereocenters. The van der Waals surface area contributed by atoms with Crippen molar-refractivity contribution in [1.29, 1.82) is 0 Å². The zero-order valence-corrected chi connectivity index (χ0v) is 10.9. The van der Waals surface area contributed by atoms with Crippen LogP contribution in [-0.2, 0) is 7.05 Å². The van der Waals surface area contributed by atoms with E-state index in [0.717, 1.165) is 5.69 Å². The molecule has 2 aromatic heterocycles. The summed E-state index contributed by atoms with van der Waals surface area (Å²) in [6.07, 6.45) is 6.88. The lowest BCUT2D eigenvalue weighted by atomic mass is 10.1. The molecule has 0 aliphatic rings. The number of hydrogen-bond acceptors (Lipinski definition) is 3. The van der Waals surface area contributed by atoms with Crippen molar-refractivity contribution in [3.63, 3.8) is 0 Å². The SMILES string of the molecule is Cn1ccnc1NC(=O)c1ccccc1-n1cccn1. The minimum absolute atomic E-state index is 0.217. The van der Waals surface area contributed by atoms with E-state index in [1.165, 1.54) is 0 Å². The number of amides is 1. The molecule has 1 aromatic carbocycles. The van der Waals surface area contributed by atoms with Crippen molar-refractivity contribution in [3.05, 3.63) is 60.7 Å². The fraction of sp³-hybridized carbons (Fsp3) is 0.0714. The first-order valence-corrected chi connectivity index (χ1v) is 6.13. The molecule has 0 aliphatic heterocycles. The molecule has 20 heavy (non-hydrogen) atoms. The first-order valence-electron chi connectivity index (χ1n) is 6.13. The van der Waals surface area contributed by atoms with E-state index in [2.05, 4.69) is 15.4 Å². The number of carbonyl (C=O) groups is 1. The van der Waals surface area contributed by atoms with E-state index in [0.29, 0.717) is 11.5 Å². The predicted molar refractivity (Wildman–Crippen MR) is 74.7 cm³/mol. The van der Waals surface area contributed by atoms with Crippen molar-refractivity contribution < 1.29 is 4.79 Å². The highest BCUT2D eigenvalue weighted by atomic mass is 16.1. The van der Waals surface area contributed by atoms with Crippen LogP contribution in [0.15, 0.2) is 55.1 Å². The fourth-order valence-corrected chi connectivity index (χ4v) is 1.93. The Morgan fingerprint density at radius 1 is 1.15 bits per heavy atom. The monoisotopic (exact) mass is 267 g/mol. The van der Waals surface area contributed by atoms with Crippen LogP contribution in [0.25, 0.3) is 5.69 Å². The number of nitrogens with one attached hydrogen (secondary N) is 1. The van der Waals surface area contributed by atoms with Gasteiger partial charge in [-0.25, -0.2) is 9.67 Å². The number of imidazole rings is 1. The Morgan fingerprint density at radius 2 is 2.00 bits per heavy atom. The lowest BCUT2D eigenvalue weighted by molar-refractivity contribution is 0.102. The average Bonchev–Trinajstić information content (AvgIpc) is 3.11. The summed E-state index contributed by atoms with van der Waals surface area (Å²) in [6.45, 7) is 0. The summed E-state index contributed by atoms with van der Waals surface area (Å²) in [7, 11) is 1.82. The lowest BCUT2D eigenvalue weighted by Crippen LogP contribution is -2.17. The standard InChI is InChI=1S/C14H13N5O/c1-18-10-8-15-14(18)17-13(20)11-5-2-3-6-12(11)19-9-4-7-16-19/h2-10H,1H3,(H,15,17,20). The summed E-state index contributed by atoms with van der Waals surface area (Å²) >= 11 is 0. The van der Waals surface area contributed by atoms with Gasteiger partial charge in [0.15, 0.2) is 0 Å². The molecule has 1 amide bonds. The topological polar surface area (TPSA) is 64.7 Å². The summed E-state index contributed by atoms with van der Waals surface area (Å²) in [6, 6.07) is 9.11. The Balaban J connectivity index is 1.94. The van der Waals surface area contributed by atoms with E-state index in [1.807, 2.05) is 31.3 Å². The minimum Gasteiger partial charge on any atom is -0.320 e. The van der Waals surface area contributed by atoms with Gasteiger partial charge in [0.2, 0.25) is 5.95 Å². The van der Waals surface area contributed by atoms with Crippen molar-refractivity contribution in [2.24, 2.45) is 7.05 Å². The van der Waals surface area contributed by atoms with Gasteiger partial charge in [-0.05, 0) is 18.2 Å². The number of aromatic nitrogens is 4. The zero-order chi connectivity index (χ0) is 13.9. The second kappa shape index (κ2) is 5.00. The third-order valence-electron chi connectivity index (χ3n) is 2.95. The number of para-hydroxylation sites is 1. The number of anilines is 1. The maximum Gasteiger partial charge on any atom is 0.260 e. The highest BCUT2D eigenvalue weighted by molar-refractivity contribution is 6.05. The van der Waals surface area contributed by atoms with Gasteiger partial charge in [0.05, 0.1) is 11.3 Å². The summed E-state index contributed by atoms with van der Waals surface area (Å²) in [5.41, 5.74) is 1.27. The van der Waals surface area contributed by atoms with Crippen molar-refractivity contribution in [2.45, 2.75) is 0 Å². The van der Waals surface area contributed by atoms with Crippen LogP contribution in [0.1, 0.15) is 10.4 Å². The van der Waals surface area contributed by atoms with E-state index in [4.69, 9.17) is 0 Å². The third-order valence-corrected chi connectivity index (χ3v) is 2.95. The van der Waals surface area contributed by atoms with Crippen LogP contribution >= 0.6 is 0 Å². The first-order chi connectivity index (χ1) is 9.75. The maximum atomic E-state index is 12.4. The van der Waals surface area contributed by atoms with Crippen LogP contribution < -0.4 is 5.32 Å². The Kier molecular flexibility index (Phi) is 3.04. The van der Waals surface area contributed by atoms with Crippen molar-refractivity contribution in [2.75, 3.05) is 5.32 Å². The van der Waals surface area contributed by atoms with Gasteiger partial charge in [-0.1, -0.05) is 12.1 Å². The highest BCUT2D eigenvalue weighted by Gasteiger charge is 2.14. The maximum absolute atomic E-state index is 12.4. The molecule has 3 rings (SSSR count). The van der Waals surface area contributed by atoms with Gasteiger partial charge < -0.3 is 4.57 Å². The van der Waals surface area contributed by atoms with Gasteiger partial charge in [0, 0.05) is 31.8 Å². The summed E-state index contributed by atoms with van der Waals surface area (Å²) < 4.78 is 3.40. The molecule has 6 nitrogen and oxygen atoms in total. The quantitative estimate of drug-likeness (QED) is 0.787. The molecule has 0 unspecified atom stereocenters. The normalized spacial score (nSPS) is 10.4. The molecule has 0 bridgehead atoms. The fourth-order valence-electron chi connectivity index (χ4n) is 1.93. The third kappa shape index (κ3) is 2.18. The van der Waals surface area contributed by atoms with E-state index >= 15 is 0 Å². The van der Waals surface area contributed by atoms with Crippen LogP contribution in [0.5, 0.6) is 0 Å². The first kappa shape index (κ1) is 12.2. The summed E-state index contributed by atoms with van der Waals surface area (Å²) in [4.78, 5) is 16.5. The van der Waals surface area contributed by atoms with Crippen LogP contribution in [0.4, 0.5) is 5.95 Å². The molecule has 0 saturated heterocycles. The van der Waals surface area contributed by atoms with E-state index in [9.17, 15) is 4.79 Å². The molecule has 0 aliphatic carbocycles. The summed E-state index contributed by atoms with van der Waals surface area (Å²) in [5, 5.41) is 6.94. The molecule has 6 heteroatoms. The molecule has 3 aromatic rings. The second-order valence-electron chi connectivity index (χ2n) is 4.28. The zero-order valence-electron chi connectivity index (χ0n) is 10.9. The molecule has 0 spiro atoms. The van der Waals surface area contributed by atoms with Crippen molar-refractivity contribution in [1.82, 2.24) is 19.3 Å². The average molecular weight is 267 g/mol. The second-order valence-corrected chi connectivity index (χ2v) is 4.28. The van der Waals surface area contributed by atoms with Crippen molar-refractivity contribution >= 4 is 11.9 Å². The van der Waals surface area contributed by atoms with Crippen LogP contribution in [-0.4, -0.2) is 25.2 Å². The number of nitrogens with zero attached hydrogens (tertiary/aromatic N) is 4. The summed E-state index contributed by atoms with van der Waals surface area (Å²) in [5.74, 6) is 0.288. The Bertz CT molecular complexity index is 730. The Hall–Kier alpha value is -2.89. The smallest absolute Gasteiger partial charge is 0.260 e. The van der Waals surface area contributed by atoms with Crippen LogP contribution in [0.3, 0.4) is 0 Å². The van der Waals surface area contributed by atoms with Gasteiger partial charge in [0.25, 0.3) is 5.91 Å². The number of rotatable bonds is 3. The van der Waals surface area contributed by atoms with E-state index in [1.54, 1.807) is 40.1 Å². The van der Waals surface area contributed by atoms with Crippen LogP contribution in [0.2, 0.25) is 0 Å². The van der Waals surface area contributed by atoms with Crippen LogP contribution in [0, 0.1) is 0 Å². The molecule has 0 saturated carbocycles. The predicted octanol–water partition coefficient (Wildman–Crippen LogP) is 1.86. The van der Waals surface area contributed by atoms with Gasteiger partial charge in [0.1, 0.15) is 0 Å². The molecule has 0 radical (unpaired) electrons. The molecule has 2 heterocycles.